The molecule has 26 heavy (non-hydrogen) atoms. The quantitative estimate of drug-likeness (QED) is 0.730. The van der Waals surface area contributed by atoms with E-state index in [2.05, 4.69) is 59.6 Å². The zero-order valence-corrected chi connectivity index (χ0v) is 15.2. The molecule has 1 aliphatic rings. The predicted octanol–water partition coefficient (Wildman–Crippen LogP) is 4.66. The van der Waals surface area contributed by atoms with Crippen molar-refractivity contribution in [3.05, 3.63) is 71.8 Å². The first-order chi connectivity index (χ1) is 12.8. The Kier molecular flexibility index (Phi) is 4.82. The van der Waals surface area contributed by atoms with Gasteiger partial charge in [0.2, 0.25) is 0 Å². The van der Waals surface area contributed by atoms with E-state index in [9.17, 15) is 0 Å². The summed E-state index contributed by atoms with van der Waals surface area (Å²) in [6.45, 7) is 5.02. The molecule has 132 valence electrons. The molecular formula is C22H24N4. The number of hydrogen-bond acceptors (Lipinski definition) is 4. The normalized spacial score (nSPS) is 13.8. The summed E-state index contributed by atoms with van der Waals surface area (Å²) < 4.78 is 0. The molecule has 0 spiro atoms. The van der Waals surface area contributed by atoms with Crippen LogP contribution in [0.2, 0.25) is 0 Å². The van der Waals surface area contributed by atoms with Gasteiger partial charge in [0.1, 0.15) is 11.6 Å². The van der Waals surface area contributed by atoms with Crippen LogP contribution in [0.1, 0.15) is 24.0 Å². The summed E-state index contributed by atoms with van der Waals surface area (Å²) in [7, 11) is 0. The van der Waals surface area contributed by atoms with Gasteiger partial charge in [0.15, 0.2) is 5.82 Å². The number of aromatic nitrogens is 2. The third-order valence-corrected chi connectivity index (χ3v) is 4.73. The minimum absolute atomic E-state index is 0.756. The fourth-order valence-corrected chi connectivity index (χ4v) is 3.36. The highest BCUT2D eigenvalue weighted by Gasteiger charge is 2.16. The summed E-state index contributed by atoms with van der Waals surface area (Å²) in [5.74, 6) is 2.67. The minimum Gasteiger partial charge on any atom is -0.366 e. The van der Waals surface area contributed by atoms with Gasteiger partial charge in [0, 0.05) is 31.3 Å². The second-order valence-electron chi connectivity index (χ2n) is 6.84. The third kappa shape index (κ3) is 3.85. The second-order valence-corrected chi connectivity index (χ2v) is 6.84. The first-order valence-electron chi connectivity index (χ1n) is 9.27. The molecule has 1 aromatic heterocycles. The molecule has 0 saturated carbocycles. The lowest BCUT2D eigenvalue weighted by molar-refractivity contribution is 0.928. The molecule has 0 atom stereocenters. The molecule has 0 unspecified atom stereocenters. The van der Waals surface area contributed by atoms with Gasteiger partial charge in [0.25, 0.3) is 0 Å². The predicted molar refractivity (Wildman–Crippen MR) is 107 cm³/mol. The number of nitrogens with zero attached hydrogens (tertiary/aromatic N) is 3. The highest BCUT2D eigenvalue weighted by molar-refractivity contribution is 5.62. The molecule has 4 nitrogen and oxygen atoms in total. The molecule has 0 bridgehead atoms. The van der Waals surface area contributed by atoms with E-state index in [4.69, 9.17) is 9.97 Å². The topological polar surface area (TPSA) is 41.0 Å². The van der Waals surface area contributed by atoms with Crippen molar-refractivity contribution in [2.24, 2.45) is 0 Å². The van der Waals surface area contributed by atoms with Crippen molar-refractivity contribution in [3.8, 4) is 11.4 Å². The Bertz CT molecular complexity index is 870. The van der Waals surface area contributed by atoms with E-state index in [1.165, 1.54) is 24.0 Å². The average Bonchev–Trinajstić information content (AvgIpc) is 3.22. The molecule has 4 heteroatoms. The van der Waals surface area contributed by atoms with Crippen molar-refractivity contribution < 1.29 is 0 Å². The fraction of sp³-hybridized carbons (Fsp3) is 0.273. The van der Waals surface area contributed by atoms with Gasteiger partial charge < -0.3 is 10.2 Å². The Hall–Kier alpha value is -2.88. The zero-order valence-electron chi connectivity index (χ0n) is 15.2. The molecule has 0 aliphatic carbocycles. The lowest BCUT2D eigenvalue weighted by Gasteiger charge is -2.18. The van der Waals surface area contributed by atoms with E-state index >= 15 is 0 Å². The molecule has 1 saturated heterocycles. The number of rotatable bonds is 5. The number of aryl methyl sites for hydroxylation is 1. The van der Waals surface area contributed by atoms with Crippen LogP contribution in [0.3, 0.4) is 0 Å². The zero-order chi connectivity index (χ0) is 17.8. The first-order valence-corrected chi connectivity index (χ1v) is 9.27. The van der Waals surface area contributed by atoms with E-state index in [-0.39, 0.29) is 0 Å². The first kappa shape index (κ1) is 16.6. The molecule has 4 rings (SSSR count). The van der Waals surface area contributed by atoms with Gasteiger partial charge >= 0.3 is 0 Å². The Balaban J connectivity index is 1.63. The highest BCUT2D eigenvalue weighted by atomic mass is 15.2. The molecule has 1 aliphatic heterocycles. The standard InChI is InChI=1S/C22H24N4/c1-17-8-7-9-18(14-17)16-23-20-15-21(26-12-5-6-13-26)25-22(24-20)19-10-3-2-4-11-19/h2-4,7-11,14-15H,5-6,12-13,16H2,1H3,(H,23,24,25). The fourth-order valence-electron chi connectivity index (χ4n) is 3.36. The van der Waals surface area contributed by atoms with Crippen LogP contribution >= 0.6 is 0 Å². The van der Waals surface area contributed by atoms with Gasteiger partial charge in [-0.3, -0.25) is 0 Å². The summed E-state index contributed by atoms with van der Waals surface area (Å²) >= 11 is 0. The van der Waals surface area contributed by atoms with Gasteiger partial charge in [-0.1, -0.05) is 60.2 Å². The van der Waals surface area contributed by atoms with Crippen molar-refractivity contribution in [2.75, 3.05) is 23.3 Å². The smallest absolute Gasteiger partial charge is 0.163 e. The van der Waals surface area contributed by atoms with Crippen LogP contribution in [0.4, 0.5) is 11.6 Å². The molecule has 3 aromatic rings. The van der Waals surface area contributed by atoms with Gasteiger partial charge in [-0.25, -0.2) is 9.97 Å². The van der Waals surface area contributed by atoms with Crippen LogP contribution in [-0.4, -0.2) is 23.1 Å². The van der Waals surface area contributed by atoms with Crippen molar-refractivity contribution in [1.29, 1.82) is 0 Å². The van der Waals surface area contributed by atoms with E-state index in [1.807, 2.05) is 18.2 Å². The largest absolute Gasteiger partial charge is 0.366 e. The number of hydrogen-bond donors (Lipinski definition) is 1. The lowest BCUT2D eigenvalue weighted by atomic mass is 10.1. The number of nitrogens with one attached hydrogen (secondary N) is 1. The summed E-state index contributed by atoms with van der Waals surface area (Å²) in [6.07, 6.45) is 2.47. The van der Waals surface area contributed by atoms with Crippen molar-refractivity contribution in [1.82, 2.24) is 9.97 Å². The van der Waals surface area contributed by atoms with Gasteiger partial charge in [-0.05, 0) is 25.3 Å². The van der Waals surface area contributed by atoms with Crippen LogP contribution in [-0.2, 0) is 6.54 Å². The summed E-state index contributed by atoms with van der Waals surface area (Å²) in [4.78, 5) is 11.9. The minimum atomic E-state index is 0.756. The van der Waals surface area contributed by atoms with Crippen molar-refractivity contribution >= 4 is 11.6 Å². The second kappa shape index (κ2) is 7.56. The monoisotopic (exact) mass is 344 g/mol. The van der Waals surface area contributed by atoms with Crippen molar-refractivity contribution in [3.63, 3.8) is 0 Å². The SMILES string of the molecule is Cc1cccc(CNc2cc(N3CCCC3)nc(-c3ccccc3)n2)c1. The maximum absolute atomic E-state index is 4.83. The maximum Gasteiger partial charge on any atom is 0.163 e. The van der Waals surface area contributed by atoms with E-state index < -0.39 is 0 Å². The summed E-state index contributed by atoms with van der Waals surface area (Å²) in [5.41, 5.74) is 3.58. The van der Waals surface area contributed by atoms with E-state index in [0.717, 1.165) is 42.7 Å². The molecular weight excluding hydrogens is 320 g/mol. The lowest BCUT2D eigenvalue weighted by Crippen LogP contribution is -2.20. The van der Waals surface area contributed by atoms with Crippen LogP contribution in [0, 0.1) is 6.92 Å². The molecule has 1 fully saturated rings. The molecule has 1 N–H and O–H groups in total. The van der Waals surface area contributed by atoms with E-state index in [0.29, 0.717) is 0 Å². The molecule has 2 heterocycles. The van der Waals surface area contributed by atoms with Crippen LogP contribution < -0.4 is 10.2 Å². The average molecular weight is 344 g/mol. The van der Waals surface area contributed by atoms with E-state index in [1.54, 1.807) is 0 Å². The van der Waals surface area contributed by atoms with Gasteiger partial charge in [-0.2, -0.15) is 0 Å². The van der Waals surface area contributed by atoms with Crippen LogP contribution in [0.5, 0.6) is 0 Å². The Morgan fingerprint density at radius 1 is 0.923 bits per heavy atom. The molecule has 2 aromatic carbocycles. The van der Waals surface area contributed by atoms with Gasteiger partial charge in [-0.15, -0.1) is 0 Å². The highest BCUT2D eigenvalue weighted by Crippen LogP contribution is 2.25. The Labute approximate surface area is 154 Å². The Morgan fingerprint density at radius 2 is 1.73 bits per heavy atom. The summed E-state index contributed by atoms with van der Waals surface area (Å²) in [5, 5.41) is 3.48. The maximum atomic E-state index is 4.83. The molecule has 0 amide bonds. The molecule has 0 radical (unpaired) electrons. The number of anilines is 2. The van der Waals surface area contributed by atoms with Gasteiger partial charge in [0.05, 0.1) is 0 Å². The van der Waals surface area contributed by atoms with Crippen molar-refractivity contribution in [2.45, 2.75) is 26.3 Å². The van der Waals surface area contributed by atoms with Crippen LogP contribution in [0.25, 0.3) is 11.4 Å². The van der Waals surface area contributed by atoms with Crippen LogP contribution in [0.15, 0.2) is 60.7 Å². The summed E-state index contributed by atoms with van der Waals surface area (Å²) in [6, 6.07) is 20.8. The Morgan fingerprint density at radius 3 is 2.50 bits per heavy atom. The number of benzene rings is 2. The third-order valence-electron chi connectivity index (χ3n) is 4.73.